The lowest BCUT2D eigenvalue weighted by atomic mass is 9.88. The average Bonchev–Trinajstić information content (AvgIpc) is 3.10. The zero-order chi connectivity index (χ0) is 42.3. The lowest BCUT2D eigenvalue weighted by Crippen LogP contribution is -2.15. The Bertz CT molecular complexity index is 2670. The minimum Gasteiger partial charge on any atom is -0.422 e. The van der Waals surface area contributed by atoms with Crippen LogP contribution in [0.1, 0.15) is 55.4 Å². The van der Waals surface area contributed by atoms with Gasteiger partial charge in [0.1, 0.15) is 0 Å². The van der Waals surface area contributed by atoms with E-state index in [0.717, 1.165) is 66.2 Å². The van der Waals surface area contributed by atoms with Gasteiger partial charge in [0.05, 0.1) is 0 Å². The second kappa shape index (κ2) is 15.5. The van der Waals surface area contributed by atoms with Crippen LogP contribution in [-0.2, 0) is 38.4 Å². The van der Waals surface area contributed by atoms with Crippen LogP contribution in [0.15, 0.2) is 48.5 Å². The van der Waals surface area contributed by atoms with E-state index in [1.807, 2.05) is 36.4 Å². The van der Waals surface area contributed by atoms with Crippen molar-refractivity contribution < 1.29 is 76.3 Å². The first kappa shape index (κ1) is 40.1. The molecule has 0 aliphatic rings. The highest BCUT2D eigenvalue weighted by molar-refractivity contribution is 6.35. The van der Waals surface area contributed by atoms with E-state index in [-0.39, 0.29) is 32.3 Å². The molecule has 0 atom stereocenters. The zero-order valence-corrected chi connectivity index (χ0v) is 32.2. The van der Waals surface area contributed by atoms with Crippen LogP contribution >= 0.6 is 0 Å². The molecule has 0 amide bonds. The normalized spacial score (nSPS) is 11.0. The van der Waals surface area contributed by atoms with Crippen molar-refractivity contribution in [3.63, 3.8) is 0 Å². The molecule has 0 aliphatic carbocycles. The van der Waals surface area contributed by atoms with E-state index in [0.29, 0.717) is 10.8 Å². The first-order chi connectivity index (χ1) is 27.4. The van der Waals surface area contributed by atoms with Crippen LogP contribution in [0.25, 0.3) is 53.9 Å². The van der Waals surface area contributed by atoms with Crippen molar-refractivity contribution in [1.82, 2.24) is 0 Å². The lowest BCUT2D eigenvalue weighted by Gasteiger charge is -2.25. The van der Waals surface area contributed by atoms with Gasteiger partial charge >= 0.3 is 47.8 Å². The number of esters is 8. The summed E-state index contributed by atoms with van der Waals surface area (Å²) in [6, 6.07) is 14.4. The molecule has 16 heteroatoms. The molecule has 0 heterocycles. The fourth-order valence-corrected chi connectivity index (χ4v) is 6.63. The highest BCUT2D eigenvalue weighted by Gasteiger charge is 2.37. The summed E-state index contributed by atoms with van der Waals surface area (Å²) in [4.78, 5) is 103. The van der Waals surface area contributed by atoms with E-state index in [4.69, 9.17) is 37.9 Å². The van der Waals surface area contributed by atoms with Crippen LogP contribution < -0.4 is 37.9 Å². The van der Waals surface area contributed by atoms with Crippen LogP contribution in [0.5, 0.6) is 46.0 Å². The molecule has 0 spiro atoms. The van der Waals surface area contributed by atoms with Gasteiger partial charge in [0, 0.05) is 76.9 Å². The van der Waals surface area contributed by atoms with Crippen LogP contribution in [0, 0.1) is 0 Å². The van der Waals surface area contributed by atoms with Gasteiger partial charge in [-0.3, -0.25) is 38.4 Å². The molecule has 0 saturated carbocycles. The topological polar surface area (TPSA) is 210 Å². The van der Waals surface area contributed by atoms with Crippen molar-refractivity contribution in [2.75, 3.05) is 0 Å². The number of hydrogen-bond donors (Lipinski definition) is 0. The summed E-state index contributed by atoms with van der Waals surface area (Å²) in [5.74, 6) is -13.3. The molecule has 6 rings (SSSR count). The predicted molar refractivity (Wildman–Crippen MR) is 204 cm³/mol. The van der Waals surface area contributed by atoms with E-state index in [1.54, 1.807) is 12.1 Å². The van der Waals surface area contributed by atoms with Gasteiger partial charge in [-0.25, -0.2) is 0 Å². The molecular weight excluding hydrogens is 760 g/mol. The number of carbonyl (C=O) groups is 8. The molecule has 0 bridgehead atoms. The summed E-state index contributed by atoms with van der Waals surface area (Å²) in [6.45, 7) is 8.04. The Balaban J connectivity index is 2.15. The minimum atomic E-state index is -1.03. The Labute approximate surface area is 327 Å². The Morgan fingerprint density at radius 3 is 0.759 bits per heavy atom. The summed E-state index contributed by atoms with van der Waals surface area (Å²) >= 11 is 0. The maximum atomic E-state index is 13.0. The number of carbonyl (C=O) groups excluding carboxylic acids is 8. The smallest absolute Gasteiger partial charge is 0.308 e. The maximum absolute atomic E-state index is 13.0. The third-order valence-corrected chi connectivity index (χ3v) is 8.24. The Kier molecular flexibility index (Phi) is 10.7. The van der Waals surface area contributed by atoms with Gasteiger partial charge in [-0.15, -0.1) is 0 Å². The Morgan fingerprint density at radius 2 is 0.517 bits per heavy atom. The summed E-state index contributed by atoms with van der Waals surface area (Å²) in [6.07, 6.45) is 0. The maximum Gasteiger partial charge on any atom is 0.308 e. The third-order valence-electron chi connectivity index (χ3n) is 8.24. The van der Waals surface area contributed by atoms with E-state index in [1.165, 1.54) is 0 Å². The molecule has 296 valence electrons. The van der Waals surface area contributed by atoms with Crippen molar-refractivity contribution in [3.8, 4) is 46.0 Å². The van der Waals surface area contributed by atoms with E-state index in [2.05, 4.69) is 0 Å². The van der Waals surface area contributed by atoms with Gasteiger partial charge in [0.25, 0.3) is 0 Å². The van der Waals surface area contributed by atoms with Crippen molar-refractivity contribution in [2.24, 2.45) is 0 Å². The Morgan fingerprint density at radius 1 is 0.293 bits per heavy atom. The van der Waals surface area contributed by atoms with Crippen LogP contribution in [0.2, 0.25) is 0 Å². The summed E-state index contributed by atoms with van der Waals surface area (Å²) in [7, 11) is 0. The largest absolute Gasteiger partial charge is 0.422 e. The first-order valence-electron chi connectivity index (χ1n) is 17.3. The van der Waals surface area contributed by atoms with Gasteiger partial charge in [-0.1, -0.05) is 24.3 Å². The molecule has 6 aromatic carbocycles. The number of benzene rings is 6. The van der Waals surface area contributed by atoms with E-state index < -0.39 is 93.8 Å². The van der Waals surface area contributed by atoms with Gasteiger partial charge in [0.2, 0.25) is 23.0 Å². The van der Waals surface area contributed by atoms with Crippen molar-refractivity contribution in [1.29, 1.82) is 0 Å². The molecule has 0 saturated heterocycles. The summed E-state index contributed by atoms with van der Waals surface area (Å²) in [5.41, 5.74) is 0. The van der Waals surface area contributed by atoms with Gasteiger partial charge < -0.3 is 37.9 Å². The molecule has 0 N–H and O–H groups in total. The van der Waals surface area contributed by atoms with Gasteiger partial charge in [-0.05, 0) is 56.6 Å². The van der Waals surface area contributed by atoms with E-state index in [9.17, 15) is 38.4 Å². The van der Waals surface area contributed by atoms with E-state index >= 15 is 0 Å². The lowest BCUT2D eigenvalue weighted by molar-refractivity contribution is -0.136. The second-order valence-corrected chi connectivity index (χ2v) is 12.8. The number of ether oxygens (including phenoxy) is 8. The standard InChI is InChI=1S/C42H32O16/c1-17(43)51-35-31-29-15-27-13-25-11-9-10-12-26(25)14-28(27)16-30(29)32-34(33(31)37(53-19(3)45)41(57-23(7)49)39(35)55-21(5)47)38(54-20(4)46)42(58-24(8)50)40(56-22(6)48)36(32)52-18(2)44/h9-16H,1-8H3. The van der Waals surface area contributed by atoms with Crippen molar-refractivity contribution >= 4 is 102 Å². The molecule has 0 unspecified atom stereocenters. The SMILES string of the molecule is CC(=O)Oc1c(OC(C)=O)c(OC(C)=O)c2c(c1OC(C)=O)c1cc3cc4ccccc4cc3cc1c1c(OC(C)=O)c(OC(C)=O)c(OC(C)=O)c(OC(C)=O)c12. The molecule has 0 aliphatic heterocycles. The fraction of sp³-hybridized carbons (Fsp3) is 0.190. The highest BCUT2D eigenvalue weighted by Crippen LogP contribution is 2.62. The van der Waals surface area contributed by atoms with Crippen molar-refractivity contribution in [3.05, 3.63) is 48.5 Å². The molecule has 0 fully saturated rings. The number of rotatable bonds is 8. The molecule has 58 heavy (non-hydrogen) atoms. The molecular formula is C42H32O16. The quantitative estimate of drug-likeness (QED) is 0.0667. The number of hydrogen-bond acceptors (Lipinski definition) is 16. The van der Waals surface area contributed by atoms with Crippen molar-refractivity contribution in [2.45, 2.75) is 55.4 Å². The first-order valence-corrected chi connectivity index (χ1v) is 17.3. The number of fused-ring (bicyclic) bond motifs is 8. The molecule has 6 aromatic rings. The summed E-state index contributed by atoms with van der Waals surface area (Å²) < 4.78 is 45.3. The van der Waals surface area contributed by atoms with Crippen LogP contribution in [-0.4, -0.2) is 47.8 Å². The predicted octanol–water partition coefficient (Wildman–Crippen LogP) is 6.86. The minimum absolute atomic E-state index is 0.119. The van der Waals surface area contributed by atoms with Crippen LogP contribution in [0.3, 0.4) is 0 Å². The Hall–Kier alpha value is -7.62. The molecule has 16 nitrogen and oxygen atoms in total. The summed E-state index contributed by atoms with van der Waals surface area (Å²) in [5, 5.41) is 1.99. The zero-order valence-electron chi connectivity index (χ0n) is 32.2. The molecule has 0 radical (unpaired) electrons. The van der Waals surface area contributed by atoms with Gasteiger partial charge in [0.15, 0.2) is 23.0 Å². The second-order valence-electron chi connectivity index (χ2n) is 12.8. The third kappa shape index (κ3) is 7.62. The van der Waals surface area contributed by atoms with Crippen LogP contribution in [0.4, 0.5) is 0 Å². The monoisotopic (exact) mass is 792 g/mol. The molecule has 0 aromatic heterocycles. The highest BCUT2D eigenvalue weighted by atomic mass is 16.6. The fourth-order valence-electron chi connectivity index (χ4n) is 6.63. The average molecular weight is 793 g/mol. The van der Waals surface area contributed by atoms with Gasteiger partial charge in [-0.2, -0.15) is 0 Å².